The molecule has 1 fully saturated rings. The summed E-state index contributed by atoms with van der Waals surface area (Å²) in [6.45, 7) is 4.79. The highest BCUT2D eigenvalue weighted by Gasteiger charge is 2.36. The minimum Gasteiger partial charge on any atom is -0.481 e. The van der Waals surface area contributed by atoms with E-state index in [0.29, 0.717) is 22.0 Å². The Morgan fingerprint density at radius 3 is 2.89 bits per heavy atom. The highest BCUT2D eigenvalue weighted by molar-refractivity contribution is 9.09. The number of alkyl halides is 1. The third-order valence-corrected chi connectivity index (χ3v) is 5.30. The number of halogens is 1. The molecule has 1 heterocycles. The van der Waals surface area contributed by atoms with Gasteiger partial charge in [-0.25, -0.2) is 9.97 Å². The average Bonchev–Trinajstić information content (AvgIpc) is 2.38. The van der Waals surface area contributed by atoms with Crippen molar-refractivity contribution < 1.29 is 4.74 Å². The summed E-state index contributed by atoms with van der Waals surface area (Å²) < 4.78 is 5.16. The van der Waals surface area contributed by atoms with Gasteiger partial charge in [0.2, 0.25) is 5.88 Å². The second-order valence-electron chi connectivity index (χ2n) is 6.11. The van der Waals surface area contributed by atoms with Crippen LogP contribution in [0.3, 0.4) is 0 Å². The number of methoxy groups -OCH3 is 1. The van der Waals surface area contributed by atoms with Gasteiger partial charge in [-0.3, -0.25) is 0 Å². The first-order valence-electron chi connectivity index (χ1n) is 7.02. The van der Waals surface area contributed by atoms with Crippen LogP contribution in [0.15, 0.2) is 12.4 Å². The van der Waals surface area contributed by atoms with Crippen molar-refractivity contribution in [2.45, 2.75) is 50.8 Å². The smallest absolute Gasteiger partial charge is 0.216 e. The lowest BCUT2D eigenvalue weighted by molar-refractivity contribution is 0.136. The average molecular weight is 327 g/mol. The van der Waals surface area contributed by atoms with Crippen LogP contribution in [0.4, 0.5) is 0 Å². The van der Waals surface area contributed by atoms with Gasteiger partial charge in [-0.15, -0.1) is 0 Å². The largest absolute Gasteiger partial charge is 0.481 e. The van der Waals surface area contributed by atoms with E-state index in [9.17, 15) is 0 Å². The summed E-state index contributed by atoms with van der Waals surface area (Å²) in [5.74, 6) is 1.36. The zero-order valence-corrected chi connectivity index (χ0v) is 13.6. The third kappa shape index (κ3) is 3.68. The first-order valence-corrected chi connectivity index (χ1v) is 7.93. The first kappa shape index (κ1) is 14.8. The molecule has 3 nitrogen and oxygen atoms in total. The molecule has 4 heteroatoms. The SMILES string of the molecule is COc1cc(CC(Br)C2CCCCC2(C)C)ncn1. The monoisotopic (exact) mass is 326 g/mol. The highest BCUT2D eigenvalue weighted by atomic mass is 79.9. The lowest BCUT2D eigenvalue weighted by atomic mass is 9.67. The Morgan fingerprint density at radius 1 is 1.42 bits per heavy atom. The Bertz CT molecular complexity index is 422. The minimum atomic E-state index is 0.420. The summed E-state index contributed by atoms with van der Waals surface area (Å²) in [6.07, 6.45) is 7.87. The molecule has 2 rings (SSSR count). The van der Waals surface area contributed by atoms with E-state index in [1.54, 1.807) is 13.4 Å². The molecule has 106 valence electrons. The van der Waals surface area contributed by atoms with Gasteiger partial charge in [0.05, 0.1) is 7.11 Å². The van der Waals surface area contributed by atoms with Gasteiger partial charge in [-0.2, -0.15) is 0 Å². The van der Waals surface area contributed by atoms with Crippen molar-refractivity contribution in [2.24, 2.45) is 11.3 Å². The molecule has 1 saturated carbocycles. The molecule has 19 heavy (non-hydrogen) atoms. The second-order valence-corrected chi connectivity index (χ2v) is 7.29. The van der Waals surface area contributed by atoms with Gasteiger partial charge in [-0.1, -0.05) is 42.6 Å². The minimum absolute atomic E-state index is 0.420. The fourth-order valence-electron chi connectivity index (χ4n) is 3.13. The van der Waals surface area contributed by atoms with Crippen molar-refractivity contribution >= 4 is 15.9 Å². The van der Waals surface area contributed by atoms with Gasteiger partial charge < -0.3 is 4.74 Å². The molecule has 1 aliphatic rings. The lowest BCUT2D eigenvalue weighted by Gasteiger charge is -2.41. The van der Waals surface area contributed by atoms with Gasteiger partial charge in [0.1, 0.15) is 6.33 Å². The molecule has 0 aliphatic heterocycles. The molecule has 2 atom stereocenters. The van der Waals surface area contributed by atoms with Crippen LogP contribution in [0.25, 0.3) is 0 Å². The van der Waals surface area contributed by atoms with Crippen molar-refractivity contribution in [2.75, 3.05) is 7.11 Å². The number of rotatable bonds is 4. The molecular formula is C15H23BrN2O. The predicted molar refractivity (Wildman–Crippen MR) is 80.7 cm³/mol. The molecule has 0 aromatic carbocycles. The highest BCUT2D eigenvalue weighted by Crippen LogP contribution is 2.45. The summed E-state index contributed by atoms with van der Waals surface area (Å²) >= 11 is 3.90. The van der Waals surface area contributed by atoms with Crippen LogP contribution in [-0.4, -0.2) is 21.9 Å². The molecular weight excluding hydrogens is 304 g/mol. The topological polar surface area (TPSA) is 35.0 Å². The summed E-state index contributed by atoms with van der Waals surface area (Å²) in [6, 6.07) is 1.93. The van der Waals surface area contributed by atoms with Crippen molar-refractivity contribution in [1.82, 2.24) is 9.97 Å². The molecule has 1 aromatic rings. The maximum atomic E-state index is 5.16. The molecule has 1 aromatic heterocycles. The van der Waals surface area contributed by atoms with E-state index < -0.39 is 0 Å². The lowest BCUT2D eigenvalue weighted by Crippen LogP contribution is -2.35. The zero-order chi connectivity index (χ0) is 13.9. The van der Waals surface area contributed by atoms with Gasteiger partial charge in [-0.05, 0) is 24.2 Å². The van der Waals surface area contributed by atoms with E-state index in [4.69, 9.17) is 4.74 Å². The van der Waals surface area contributed by atoms with E-state index >= 15 is 0 Å². The van der Waals surface area contributed by atoms with E-state index in [2.05, 4.69) is 39.7 Å². The molecule has 2 unspecified atom stereocenters. The van der Waals surface area contributed by atoms with Gasteiger partial charge in [0.15, 0.2) is 0 Å². The zero-order valence-electron chi connectivity index (χ0n) is 12.0. The van der Waals surface area contributed by atoms with E-state index in [-0.39, 0.29) is 0 Å². The standard InChI is InChI=1S/C15H23BrN2O/c1-15(2)7-5-4-6-12(15)13(16)8-11-9-14(19-3)18-10-17-11/h9-10,12-13H,4-8H2,1-3H3. The van der Waals surface area contributed by atoms with Crippen molar-refractivity contribution in [3.63, 3.8) is 0 Å². The van der Waals surface area contributed by atoms with Crippen molar-refractivity contribution in [3.8, 4) is 5.88 Å². The van der Waals surface area contributed by atoms with Crippen LogP contribution in [0, 0.1) is 11.3 Å². The Morgan fingerprint density at radius 2 is 2.21 bits per heavy atom. The van der Waals surface area contributed by atoms with Gasteiger partial charge in [0.25, 0.3) is 0 Å². The maximum Gasteiger partial charge on any atom is 0.216 e. The molecule has 1 aliphatic carbocycles. The summed E-state index contributed by atoms with van der Waals surface area (Å²) in [5.41, 5.74) is 1.47. The molecule has 0 saturated heterocycles. The molecule has 0 N–H and O–H groups in total. The molecule has 0 radical (unpaired) electrons. The van der Waals surface area contributed by atoms with Crippen LogP contribution in [-0.2, 0) is 6.42 Å². The number of ether oxygens (including phenoxy) is 1. The maximum absolute atomic E-state index is 5.16. The van der Waals surface area contributed by atoms with Crippen LogP contribution in [0.5, 0.6) is 5.88 Å². The summed E-state index contributed by atoms with van der Waals surface area (Å²) in [5, 5.41) is 0. The summed E-state index contributed by atoms with van der Waals surface area (Å²) in [7, 11) is 1.64. The van der Waals surface area contributed by atoms with Gasteiger partial charge >= 0.3 is 0 Å². The number of nitrogens with zero attached hydrogens (tertiary/aromatic N) is 2. The van der Waals surface area contributed by atoms with Gasteiger partial charge in [0, 0.05) is 23.0 Å². The van der Waals surface area contributed by atoms with E-state index in [1.165, 1.54) is 25.7 Å². The predicted octanol–water partition coefficient (Wildman–Crippen LogP) is 4.01. The Kier molecular flexibility index (Phi) is 4.82. The normalized spacial score (nSPS) is 23.9. The van der Waals surface area contributed by atoms with E-state index in [1.807, 2.05) is 6.07 Å². The third-order valence-electron chi connectivity index (χ3n) is 4.34. The van der Waals surface area contributed by atoms with Crippen molar-refractivity contribution in [3.05, 3.63) is 18.1 Å². The van der Waals surface area contributed by atoms with Crippen molar-refractivity contribution in [1.29, 1.82) is 0 Å². The number of hydrogen-bond acceptors (Lipinski definition) is 3. The molecule has 0 bridgehead atoms. The van der Waals surface area contributed by atoms with Crippen LogP contribution in [0.1, 0.15) is 45.2 Å². The quantitative estimate of drug-likeness (QED) is 0.784. The van der Waals surface area contributed by atoms with Crippen LogP contribution >= 0.6 is 15.9 Å². The fraction of sp³-hybridized carbons (Fsp3) is 0.733. The second kappa shape index (κ2) is 6.21. The Hall–Kier alpha value is -0.640. The van der Waals surface area contributed by atoms with E-state index in [0.717, 1.165) is 12.1 Å². The Labute approximate surface area is 124 Å². The van der Waals surface area contributed by atoms with Crippen LogP contribution < -0.4 is 4.74 Å². The fourth-order valence-corrected chi connectivity index (χ4v) is 4.45. The Balaban J connectivity index is 2.05. The molecule has 0 spiro atoms. The molecule has 0 amide bonds. The van der Waals surface area contributed by atoms with Crippen LogP contribution in [0.2, 0.25) is 0 Å². The number of hydrogen-bond donors (Lipinski definition) is 0. The number of aromatic nitrogens is 2. The first-order chi connectivity index (χ1) is 9.03. The summed E-state index contributed by atoms with van der Waals surface area (Å²) in [4.78, 5) is 8.88.